The third-order valence-electron chi connectivity index (χ3n) is 3.37. The Morgan fingerprint density at radius 1 is 1.30 bits per heavy atom. The van der Waals surface area contributed by atoms with Crippen molar-refractivity contribution >= 4 is 43.2 Å². The Morgan fingerprint density at radius 2 is 2.09 bits per heavy atom. The van der Waals surface area contributed by atoms with Crippen molar-refractivity contribution in [2.45, 2.75) is 38.4 Å². The highest BCUT2D eigenvalue weighted by Gasteiger charge is 2.14. The number of nitrogens with zero attached hydrogens (tertiary/aromatic N) is 1. The smallest absolute Gasteiger partial charge is 0.224 e. The summed E-state index contributed by atoms with van der Waals surface area (Å²) in [6, 6.07) is 5.61. The molecule has 2 aromatic rings. The van der Waals surface area contributed by atoms with Crippen LogP contribution in [0.3, 0.4) is 0 Å². The van der Waals surface area contributed by atoms with E-state index in [0.717, 1.165) is 15.9 Å². The molecule has 0 unspecified atom stereocenters. The van der Waals surface area contributed by atoms with Gasteiger partial charge < -0.3 is 5.32 Å². The van der Waals surface area contributed by atoms with Crippen LogP contribution in [0.2, 0.25) is 0 Å². The van der Waals surface area contributed by atoms with Crippen molar-refractivity contribution in [3.05, 3.63) is 23.7 Å². The number of sulfonamides is 1. The average molecular weight is 355 g/mol. The van der Waals surface area contributed by atoms with E-state index in [1.165, 1.54) is 11.3 Å². The van der Waals surface area contributed by atoms with Crippen molar-refractivity contribution < 1.29 is 13.2 Å². The van der Waals surface area contributed by atoms with E-state index in [1.54, 1.807) is 19.4 Å². The van der Waals surface area contributed by atoms with Crippen LogP contribution in [-0.4, -0.2) is 31.1 Å². The maximum Gasteiger partial charge on any atom is 0.224 e. The third kappa shape index (κ3) is 5.26. The molecule has 0 bridgehead atoms. The minimum Gasteiger partial charge on any atom is -0.326 e. The second-order valence-electron chi connectivity index (χ2n) is 5.53. The van der Waals surface area contributed by atoms with Gasteiger partial charge in [-0.3, -0.25) is 4.79 Å². The van der Waals surface area contributed by atoms with Gasteiger partial charge in [0, 0.05) is 18.7 Å². The highest BCUT2D eigenvalue weighted by Crippen LogP contribution is 2.21. The molecule has 23 heavy (non-hydrogen) atoms. The van der Waals surface area contributed by atoms with Crippen molar-refractivity contribution in [3.63, 3.8) is 0 Å². The molecule has 126 valence electrons. The summed E-state index contributed by atoms with van der Waals surface area (Å²) in [6.07, 6.45) is 1.63. The van der Waals surface area contributed by atoms with Gasteiger partial charge in [0.1, 0.15) is 0 Å². The van der Waals surface area contributed by atoms with Crippen LogP contribution >= 0.6 is 11.3 Å². The van der Waals surface area contributed by atoms with E-state index in [-0.39, 0.29) is 5.91 Å². The zero-order valence-corrected chi connectivity index (χ0v) is 14.8. The van der Waals surface area contributed by atoms with Gasteiger partial charge in [0.25, 0.3) is 0 Å². The lowest BCUT2D eigenvalue weighted by Gasteiger charge is -2.09. The van der Waals surface area contributed by atoms with E-state index in [2.05, 4.69) is 15.0 Å². The molecule has 0 aliphatic carbocycles. The van der Waals surface area contributed by atoms with Crippen LogP contribution in [0, 0.1) is 0 Å². The van der Waals surface area contributed by atoms with Crippen LogP contribution in [0.25, 0.3) is 10.2 Å². The third-order valence-corrected chi connectivity index (χ3v) is 6.01. The zero-order valence-electron chi connectivity index (χ0n) is 13.2. The summed E-state index contributed by atoms with van der Waals surface area (Å²) in [5.74, 6) is -0.0689. The van der Waals surface area contributed by atoms with Crippen LogP contribution in [0.4, 0.5) is 5.69 Å². The molecule has 8 heteroatoms. The lowest BCUT2D eigenvalue weighted by molar-refractivity contribution is -0.116. The fourth-order valence-electron chi connectivity index (χ4n) is 1.95. The molecule has 6 nitrogen and oxygen atoms in total. The topological polar surface area (TPSA) is 88.2 Å². The number of rotatable bonds is 8. The molecule has 0 saturated carbocycles. The second kappa shape index (κ2) is 7.85. The molecule has 1 heterocycles. The van der Waals surface area contributed by atoms with Crippen molar-refractivity contribution in [2.24, 2.45) is 0 Å². The first-order chi connectivity index (χ1) is 10.9. The van der Waals surface area contributed by atoms with Crippen molar-refractivity contribution in [1.82, 2.24) is 9.71 Å². The van der Waals surface area contributed by atoms with Crippen LogP contribution < -0.4 is 10.0 Å². The van der Waals surface area contributed by atoms with Crippen LogP contribution in [0.15, 0.2) is 23.7 Å². The molecule has 1 aromatic carbocycles. The largest absolute Gasteiger partial charge is 0.326 e. The summed E-state index contributed by atoms with van der Waals surface area (Å²) in [5.41, 5.74) is 3.45. The molecule has 0 atom stereocenters. The number of carbonyl (C=O) groups excluding carboxylic acids is 1. The lowest BCUT2D eigenvalue weighted by Crippen LogP contribution is -2.31. The summed E-state index contributed by atoms with van der Waals surface area (Å²) < 4.78 is 26.7. The first kappa shape index (κ1) is 17.8. The predicted molar refractivity (Wildman–Crippen MR) is 94.2 cm³/mol. The van der Waals surface area contributed by atoms with Crippen molar-refractivity contribution in [3.8, 4) is 0 Å². The van der Waals surface area contributed by atoms with Gasteiger partial charge >= 0.3 is 0 Å². The number of carbonyl (C=O) groups is 1. The minimum atomic E-state index is -3.22. The molecule has 0 radical (unpaired) electrons. The summed E-state index contributed by atoms with van der Waals surface area (Å²) >= 11 is 1.53. The molecule has 1 amide bonds. The summed E-state index contributed by atoms with van der Waals surface area (Å²) in [4.78, 5) is 16.1. The van der Waals surface area contributed by atoms with Gasteiger partial charge in [-0.2, -0.15) is 0 Å². The Morgan fingerprint density at radius 3 is 2.83 bits per heavy atom. The number of unbranched alkanes of at least 4 members (excludes halogenated alkanes) is 1. The number of anilines is 1. The number of hydrogen-bond donors (Lipinski definition) is 2. The van der Waals surface area contributed by atoms with Crippen LogP contribution in [-0.2, 0) is 14.8 Å². The molecule has 0 spiro atoms. The molecular formula is C15H21N3O3S2. The van der Waals surface area contributed by atoms with Gasteiger partial charge in [0.2, 0.25) is 15.9 Å². The maximum absolute atomic E-state index is 11.9. The Balaban J connectivity index is 1.71. The monoisotopic (exact) mass is 355 g/mol. The van der Waals surface area contributed by atoms with Gasteiger partial charge in [-0.1, -0.05) is 0 Å². The SMILES string of the molecule is CC(C)S(=O)(=O)NCCCCC(=O)Nc1ccc2ncsc2c1. The first-order valence-corrected chi connectivity index (χ1v) is 9.92. The molecule has 1 aromatic heterocycles. The van der Waals surface area contributed by atoms with E-state index in [4.69, 9.17) is 0 Å². The molecule has 0 aliphatic heterocycles. The predicted octanol–water partition coefficient (Wildman–Crippen LogP) is 2.73. The number of fused-ring (bicyclic) bond motifs is 1. The fraction of sp³-hybridized carbons (Fsp3) is 0.467. The van der Waals surface area contributed by atoms with E-state index < -0.39 is 15.3 Å². The highest BCUT2D eigenvalue weighted by atomic mass is 32.2. The zero-order chi connectivity index (χ0) is 16.9. The summed E-state index contributed by atoms with van der Waals surface area (Å²) in [7, 11) is -3.22. The molecule has 2 N–H and O–H groups in total. The number of amides is 1. The molecule has 0 aliphatic rings. The van der Waals surface area contributed by atoms with Crippen LogP contribution in [0.1, 0.15) is 33.1 Å². The van der Waals surface area contributed by atoms with Crippen molar-refractivity contribution in [2.75, 3.05) is 11.9 Å². The Bertz CT molecular complexity index is 769. The molecule has 0 saturated heterocycles. The number of benzene rings is 1. The fourth-order valence-corrected chi connectivity index (χ4v) is 3.43. The summed E-state index contributed by atoms with van der Waals surface area (Å²) in [6.45, 7) is 3.63. The number of nitrogens with one attached hydrogen (secondary N) is 2. The highest BCUT2D eigenvalue weighted by molar-refractivity contribution is 7.90. The summed E-state index contributed by atoms with van der Waals surface area (Å²) in [5, 5.41) is 2.41. The van der Waals surface area contributed by atoms with Crippen LogP contribution in [0.5, 0.6) is 0 Å². The lowest BCUT2D eigenvalue weighted by atomic mass is 10.2. The van der Waals surface area contributed by atoms with Crippen molar-refractivity contribution in [1.29, 1.82) is 0 Å². The van der Waals surface area contributed by atoms with Gasteiger partial charge in [-0.15, -0.1) is 11.3 Å². The standard InChI is InChI=1S/C15H21N3O3S2/c1-11(2)23(20,21)17-8-4-3-5-15(19)18-12-6-7-13-14(9-12)22-10-16-13/h6-7,9-11,17H,3-5,8H2,1-2H3,(H,18,19). The Kier molecular flexibility index (Phi) is 6.09. The van der Waals surface area contributed by atoms with Gasteiger partial charge in [0.05, 0.1) is 21.0 Å². The maximum atomic E-state index is 11.9. The Hall–Kier alpha value is -1.51. The minimum absolute atomic E-state index is 0.0689. The normalized spacial score (nSPS) is 12.0. The number of aromatic nitrogens is 1. The first-order valence-electron chi connectivity index (χ1n) is 7.50. The van der Waals surface area contributed by atoms with Gasteiger partial charge in [-0.05, 0) is 44.9 Å². The van der Waals surface area contributed by atoms with Gasteiger partial charge in [0.15, 0.2) is 0 Å². The van der Waals surface area contributed by atoms with E-state index in [1.807, 2.05) is 18.2 Å². The van der Waals surface area contributed by atoms with E-state index in [9.17, 15) is 13.2 Å². The molecular weight excluding hydrogens is 334 g/mol. The quantitative estimate of drug-likeness (QED) is 0.713. The van der Waals surface area contributed by atoms with E-state index >= 15 is 0 Å². The number of thiazole rings is 1. The second-order valence-corrected chi connectivity index (χ2v) is 8.74. The number of hydrogen-bond acceptors (Lipinski definition) is 5. The Labute approximate surface area is 140 Å². The average Bonchev–Trinajstić information content (AvgIpc) is 2.94. The molecule has 0 fully saturated rings. The molecule has 2 rings (SSSR count). The van der Waals surface area contributed by atoms with Gasteiger partial charge in [-0.25, -0.2) is 18.1 Å². The van der Waals surface area contributed by atoms with E-state index in [0.29, 0.717) is 25.8 Å².